The van der Waals surface area contributed by atoms with E-state index in [-0.39, 0.29) is 0 Å². The Labute approximate surface area is 35.5 Å². The maximum Gasteiger partial charge on any atom is 0.707 e. The smallest absolute Gasteiger partial charge is 0.133 e. The van der Waals surface area contributed by atoms with Gasteiger partial charge in [0, 0.05) is 17.5 Å². The molecule has 0 spiro atoms. The molecule has 0 radical (unpaired) electrons. The van der Waals surface area contributed by atoms with E-state index in [2.05, 4.69) is 16.9 Å². The Bertz CT molecular complexity index is 42.2. The fourth-order valence-electron chi connectivity index (χ4n) is 0. The van der Waals surface area contributed by atoms with E-state index in [1.54, 1.807) is 0 Å². The topological polar surface area (TPSA) is 46.5 Å². The molecule has 0 aliphatic carbocycles. The van der Waals surface area contributed by atoms with Crippen molar-refractivity contribution in [3.63, 3.8) is 0 Å². The number of thiol groups is 1. The van der Waals surface area contributed by atoms with Gasteiger partial charge in [0.25, 0.3) is 0 Å². The Morgan fingerprint density at radius 2 is 2.20 bits per heavy atom. The molecule has 0 aliphatic rings. The van der Waals surface area contributed by atoms with Gasteiger partial charge >= 0.3 is 8.25 Å². The van der Waals surface area contributed by atoms with E-state index in [1.165, 1.54) is 0 Å². The van der Waals surface area contributed by atoms with Crippen LogP contribution in [0.15, 0.2) is 0 Å². The zero-order chi connectivity index (χ0) is 4.28. The standard InChI is InChI=1S/HO3PS/c1-4(2)3-5/h(H-,1,2,5)/p+1. The minimum atomic E-state index is -2.48. The third-order valence-electron chi connectivity index (χ3n) is 0.0698. The molecule has 0 heterocycles. The summed E-state index contributed by atoms with van der Waals surface area (Å²) < 4.78 is 12.7. The highest BCUT2D eigenvalue weighted by Gasteiger charge is 2.04. The Morgan fingerprint density at radius 3 is 2.20 bits per heavy atom. The molecule has 1 N–H and O–H groups in total. The molecule has 5 heavy (non-hydrogen) atoms. The second kappa shape index (κ2) is 2.60. The quantitative estimate of drug-likeness (QED) is 0.295. The van der Waals surface area contributed by atoms with E-state index in [4.69, 9.17) is 4.89 Å². The normalized spacial score (nSPS) is 11.2. The van der Waals surface area contributed by atoms with Gasteiger partial charge in [-0.1, -0.05) is 0 Å². The van der Waals surface area contributed by atoms with Gasteiger partial charge in [0.15, 0.2) is 0 Å². The molecule has 0 saturated carbocycles. The molecule has 0 saturated heterocycles. The lowest BCUT2D eigenvalue weighted by atomic mass is 15.8. The number of rotatable bonds is 1. The highest BCUT2D eigenvalue weighted by atomic mass is 32.1. The average Bonchev–Trinajstić information content (AvgIpc) is 1.38. The van der Waals surface area contributed by atoms with E-state index in [0.717, 1.165) is 0 Å². The molecule has 0 aliphatic heterocycles. The van der Waals surface area contributed by atoms with Crippen LogP contribution in [0.4, 0.5) is 0 Å². The summed E-state index contributed by atoms with van der Waals surface area (Å²) in [6.07, 6.45) is 0. The van der Waals surface area contributed by atoms with E-state index >= 15 is 0 Å². The van der Waals surface area contributed by atoms with Gasteiger partial charge < -0.3 is 0 Å². The predicted molar refractivity (Wildman–Crippen MR) is 19.9 cm³/mol. The third kappa shape index (κ3) is 4.37. The summed E-state index contributed by atoms with van der Waals surface area (Å²) in [7, 11) is -2.48. The Balaban J connectivity index is 2.85. The molecule has 0 aromatic carbocycles. The van der Waals surface area contributed by atoms with Crippen LogP contribution in [0.25, 0.3) is 0 Å². The highest BCUT2D eigenvalue weighted by Crippen LogP contribution is 2.14. The largest absolute Gasteiger partial charge is 0.707 e. The average molecular weight is 113 g/mol. The first-order valence-corrected chi connectivity index (χ1v) is 2.24. The van der Waals surface area contributed by atoms with Crippen LogP contribution in [0.5, 0.6) is 0 Å². The maximum absolute atomic E-state index is 9.22. The number of hydrogen-bond donors (Lipinski definition) is 2. The first-order valence-electron chi connectivity index (χ1n) is 0.748. The summed E-state index contributed by atoms with van der Waals surface area (Å²) in [5, 5.41) is 0. The lowest BCUT2D eigenvalue weighted by molar-refractivity contribution is 0.435. The van der Waals surface area contributed by atoms with Crippen molar-refractivity contribution in [2.45, 2.75) is 0 Å². The summed E-state index contributed by atoms with van der Waals surface area (Å²) >= 11 is 2.98. The molecule has 0 fully saturated rings. The Kier molecular flexibility index (Phi) is 2.79. The van der Waals surface area contributed by atoms with Crippen LogP contribution in [0.2, 0.25) is 0 Å². The van der Waals surface area contributed by atoms with E-state index < -0.39 is 8.25 Å². The summed E-state index contributed by atoms with van der Waals surface area (Å²) in [6, 6.07) is 0. The van der Waals surface area contributed by atoms with Crippen molar-refractivity contribution >= 4 is 21.2 Å². The van der Waals surface area contributed by atoms with Gasteiger partial charge in [0.1, 0.15) is 0 Å². The van der Waals surface area contributed by atoms with Gasteiger partial charge in [0.2, 0.25) is 0 Å². The first-order chi connectivity index (χ1) is 2.27. The van der Waals surface area contributed by atoms with Gasteiger partial charge in [-0.15, -0.1) is 4.89 Å². The van der Waals surface area contributed by atoms with E-state index in [9.17, 15) is 4.57 Å². The molecule has 0 aromatic rings. The minimum absolute atomic E-state index is 2.48. The van der Waals surface area contributed by atoms with Crippen molar-refractivity contribution in [3.05, 3.63) is 0 Å². The minimum Gasteiger partial charge on any atom is -0.133 e. The van der Waals surface area contributed by atoms with Gasteiger partial charge in [-0.05, 0) is 3.97 Å². The van der Waals surface area contributed by atoms with Crippen molar-refractivity contribution in [2.75, 3.05) is 0 Å². The maximum atomic E-state index is 9.22. The lowest BCUT2D eigenvalue weighted by Gasteiger charge is -1.53. The summed E-state index contributed by atoms with van der Waals surface area (Å²) in [6.45, 7) is 0. The Hall–Kier alpha value is 0.370. The molecule has 1 atom stereocenters. The molecule has 0 bridgehead atoms. The summed E-state index contributed by atoms with van der Waals surface area (Å²) in [4.78, 5) is 7.57. The SMILES string of the molecule is O=[P+](O)OS. The molecule has 30 valence electrons. The van der Waals surface area contributed by atoms with Crippen molar-refractivity contribution < 1.29 is 13.4 Å². The number of hydrogen-bond acceptors (Lipinski definition) is 3. The molecule has 0 amide bonds. The second-order valence-corrected chi connectivity index (χ2v) is 1.45. The monoisotopic (exact) mass is 113 g/mol. The fourth-order valence-corrected chi connectivity index (χ4v) is 0. The zero-order valence-electron chi connectivity index (χ0n) is 2.16. The van der Waals surface area contributed by atoms with Crippen molar-refractivity contribution in [1.82, 2.24) is 0 Å². The fraction of sp³-hybridized carbons (Fsp3) is 0. The van der Waals surface area contributed by atoms with E-state index in [0.29, 0.717) is 0 Å². The summed E-state index contributed by atoms with van der Waals surface area (Å²) in [5.41, 5.74) is 0. The second-order valence-electron chi connectivity index (χ2n) is 0.319. The van der Waals surface area contributed by atoms with Gasteiger partial charge in [-0.25, -0.2) is 0 Å². The lowest BCUT2D eigenvalue weighted by Crippen LogP contribution is -1.46. The van der Waals surface area contributed by atoms with Crippen LogP contribution in [0.3, 0.4) is 0 Å². The molecular weight excluding hydrogens is 111 g/mol. The Morgan fingerprint density at radius 1 is 2.00 bits per heavy atom. The van der Waals surface area contributed by atoms with Gasteiger partial charge in [0.05, 0.1) is 0 Å². The zero-order valence-corrected chi connectivity index (χ0v) is 3.95. The summed E-state index contributed by atoms with van der Waals surface area (Å²) in [5.74, 6) is 0. The van der Waals surface area contributed by atoms with Crippen LogP contribution in [-0.2, 0) is 8.54 Å². The molecule has 0 rings (SSSR count). The van der Waals surface area contributed by atoms with Crippen molar-refractivity contribution in [2.24, 2.45) is 0 Å². The molecule has 3 nitrogen and oxygen atoms in total. The van der Waals surface area contributed by atoms with Crippen LogP contribution >= 0.6 is 21.2 Å². The van der Waals surface area contributed by atoms with Gasteiger partial charge in [-0.2, -0.15) is 0 Å². The van der Waals surface area contributed by atoms with E-state index in [1.807, 2.05) is 0 Å². The van der Waals surface area contributed by atoms with Crippen molar-refractivity contribution in [1.29, 1.82) is 0 Å². The molecule has 5 heteroatoms. The molecule has 1 unspecified atom stereocenters. The van der Waals surface area contributed by atoms with Crippen LogP contribution in [0, 0.1) is 0 Å². The molecule has 0 aromatic heterocycles. The highest BCUT2D eigenvalue weighted by molar-refractivity contribution is 7.79. The predicted octanol–water partition coefficient (Wildman–Crippen LogP) is 0.497. The first kappa shape index (κ1) is 5.37. The van der Waals surface area contributed by atoms with Crippen LogP contribution in [-0.4, -0.2) is 4.89 Å². The van der Waals surface area contributed by atoms with Crippen LogP contribution < -0.4 is 0 Å². The van der Waals surface area contributed by atoms with Crippen LogP contribution in [0.1, 0.15) is 0 Å². The van der Waals surface area contributed by atoms with Crippen molar-refractivity contribution in [3.8, 4) is 0 Å². The third-order valence-corrected chi connectivity index (χ3v) is 0.629. The van der Waals surface area contributed by atoms with Gasteiger partial charge in [-0.3, -0.25) is 0 Å². The molecular formula is H2O3PS+.